The van der Waals surface area contributed by atoms with Gasteiger partial charge in [-0.3, -0.25) is 9.48 Å². The second-order valence-electron chi connectivity index (χ2n) is 5.06. The SMILES string of the molecule is CCOC(=O)N[C@@H]1CCCN(C(=O)CCn2cccn2)C1. The number of hydrogen-bond acceptors (Lipinski definition) is 4. The maximum absolute atomic E-state index is 12.2. The number of carbonyl (C=O) groups excluding carboxylic acids is 2. The third-order valence-electron chi connectivity index (χ3n) is 3.49. The van der Waals surface area contributed by atoms with E-state index < -0.39 is 6.09 Å². The Morgan fingerprint density at radius 1 is 1.48 bits per heavy atom. The van der Waals surface area contributed by atoms with E-state index in [1.54, 1.807) is 17.8 Å². The van der Waals surface area contributed by atoms with Crippen molar-refractivity contribution in [3.05, 3.63) is 18.5 Å². The van der Waals surface area contributed by atoms with Crippen LogP contribution in [-0.4, -0.2) is 52.4 Å². The topological polar surface area (TPSA) is 76.5 Å². The predicted molar refractivity (Wildman–Crippen MR) is 76.6 cm³/mol. The highest BCUT2D eigenvalue weighted by atomic mass is 16.5. The lowest BCUT2D eigenvalue weighted by Crippen LogP contribution is -2.49. The molecule has 0 bridgehead atoms. The van der Waals surface area contributed by atoms with E-state index in [1.165, 1.54) is 0 Å². The molecule has 0 unspecified atom stereocenters. The molecule has 2 rings (SSSR count). The summed E-state index contributed by atoms with van der Waals surface area (Å²) in [4.78, 5) is 25.4. The molecule has 1 aromatic heterocycles. The summed E-state index contributed by atoms with van der Waals surface area (Å²) in [6.07, 6.45) is 5.33. The third kappa shape index (κ3) is 4.77. The van der Waals surface area contributed by atoms with Crippen molar-refractivity contribution in [1.82, 2.24) is 20.0 Å². The molecule has 1 N–H and O–H groups in total. The van der Waals surface area contributed by atoms with Crippen molar-refractivity contribution in [2.45, 2.75) is 38.8 Å². The molecule has 0 aliphatic carbocycles. The summed E-state index contributed by atoms with van der Waals surface area (Å²) in [7, 11) is 0. The number of piperidine rings is 1. The Hall–Kier alpha value is -2.05. The molecule has 0 aromatic carbocycles. The summed E-state index contributed by atoms with van der Waals surface area (Å²) < 4.78 is 6.62. The van der Waals surface area contributed by atoms with Crippen LogP contribution >= 0.6 is 0 Å². The quantitative estimate of drug-likeness (QED) is 0.879. The first-order chi connectivity index (χ1) is 10.2. The summed E-state index contributed by atoms with van der Waals surface area (Å²) >= 11 is 0. The fraction of sp³-hybridized carbons (Fsp3) is 0.643. The van der Waals surface area contributed by atoms with Crippen molar-refractivity contribution >= 4 is 12.0 Å². The molecule has 1 aliphatic rings. The van der Waals surface area contributed by atoms with Gasteiger partial charge in [0, 0.05) is 44.5 Å². The van der Waals surface area contributed by atoms with Gasteiger partial charge in [-0.05, 0) is 25.8 Å². The number of nitrogens with zero attached hydrogens (tertiary/aromatic N) is 3. The van der Waals surface area contributed by atoms with Crippen LogP contribution in [0.5, 0.6) is 0 Å². The first-order valence-electron chi connectivity index (χ1n) is 7.37. The van der Waals surface area contributed by atoms with Gasteiger partial charge in [-0.15, -0.1) is 0 Å². The molecule has 1 atom stereocenters. The van der Waals surface area contributed by atoms with Gasteiger partial charge in [0.2, 0.25) is 5.91 Å². The van der Waals surface area contributed by atoms with Gasteiger partial charge in [-0.25, -0.2) is 4.79 Å². The Kier molecular flexibility index (Phi) is 5.59. The highest BCUT2D eigenvalue weighted by molar-refractivity contribution is 5.76. The molecule has 2 amide bonds. The van der Waals surface area contributed by atoms with Crippen LogP contribution in [0.3, 0.4) is 0 Å². The van der Waals surface area contributed by atoms with E-state index in [4.69, 9.17) is 4.74 Å². The molecule has 1 saturated heterocycles. The van der Waals surface area contributed by atoms with Gasteiger partial charge in [-0.2, -0.15) is 5.10 Å². The van der Waals surface area contributed by atoms with Gasteiger partial charge in [0.1, 0.15) is 0 Å². The van der Waals surface area contributed by atoms with Crippen LogP contribution in [0.4, 0.5) is 4.79 Å². The molecule has 0 radical (unpaired) electrons. The van der Waals surface area contributed by atoms with Crippen molar-refractivity contribution in [3.63, 3.8) is 0 Å². The number of ether oxygens (including phenoxy) is 1. The lowest BCUT2D eigenvalue weighted by molar-refractivity contribution is -0.132. The van der Waals surface area contributed by atoms with Crippen LogP contribution in [0.15, 0.2) is 18.5 Å². The molecule has 21 heavy (non-hydrogen) atoms. The van der Waals surface area contributed by atoms with Crippen LogP contribution in [0.1, 0.15) is 26.2 Å². The summed E-state index contributed by atoms with van der Waals surface area (Å²) in [5.41, 5.74) is 0. The van der Waals surface area contributed by atoms with E-state index in [0.29, 0.717) is 26.1 Å². The molecule has 1 aromatic rings. The number of nitrogens with one attached hydrogen (secondary N) is 1. The van der Waals surface area contributed by atoms with Gasteiger partial charge in [-0.1, -0.05) is 0 Å². The van der Waals surface area contributed by atoms with Crippen LogP contribution < -0.4 is 5.32 Å². The average Bonchev–Trinajstić information content (AvgIpc) is 2.98. The Balaban J connectivity index is 1.77. The van der Waals surface area contributed by atoms with E-state index in [2.05, 4.69) is 10.4 Å². The van der Waals surface area contributed by atoms with Crippen molar-refractivity contribution in [3.8, 4) is 0 Å². The Bertz CT molecular complexity index is 461. The van der Waals surface area contributed by atoms with Crippen LogP contribution in [0, 0.1) is 0 Å². The lowest BCUT2D eigenvalue weighted by Gasteiger charge is -2.33. The van der Waals surface area contributed by atoms with Gasteiger partial charge < -0.3 is 15.0 Å². The van der Waals surface area contributed by atoms with E-state index in [0.717, 1.165) is 19.4 Å². The summed E-state index contributed by atoms with van der Waals surface area (Å²) in [6.45, 7) is 4.00. The lowest BCUT2D eigenvalue weighted by atomic mass is 10.1. The van der Waals surface area contributed by atoms with E-state index in [-0.39, 0.29) is 11.9 Å². The van der Waals surface area contributed by atoms with Crippen LogP contribution in [-0.2, 0) is 16.1 Å². The number of hydrogen-bond donors (Lipinski definition) is 1. The maximum Gasteiger partial charge on any atom is 0.407 e. The molecule has 0 spiro atoms. The molecule has 1 aliphatic heterocycles. The average molecular weight is 294 g/mol. The summed E-state index contributed by atoms with van der Waals surface area (Å²) in [5, 5.41) is 6.88. The van der Waals surface area contributed by atoms with Gasteiger partial charge in [0.25, 0.3) is 0 Å². The minimum Gasteiger partial charge on any atom is -0.450 e. The number of likely N-dealkylation sites (tertiary alicyclic amines) is 1. The maximum atomic E-state index is 12.2. The zero-order chi connectivity index (χ0) is 15.1. The van der Waals surface area contributed by atoms with Crippen molar-refractivity contribution in [1.29, 1.82) is 0 Å². The number of aromatic nitrogens is 2. The molecule has 116 valence electrons. The highest BCUT2D eigenvalue weighted by Crippen LogP contribution is 2.12. The number of carbonyl (C=O) groups is 2. The largest absolute Gasteiger partial charge is 0.450 e. The Morgan fingerprint density at radius 3 is 3.05 bits per heavy atom. The smallest absolute Gasteiger partial charge is 0.407 e. The van der Waals surface area contributed by atoms with Crippen LogP contribution in [0.25, 0.3) is 0 Å². The van der Waals surface area contributed by atoms with E-state index in [9.17, 15) is 9.59 Å². The molecular formula is C14H22N4O3. The van der Waals surface area contributed by atoms with Gasteiger partial charge >= 0.3 is 6.09 Å². The monoisotopic (exact) mass is 294 g/mol. The first-order valence-corrected chi connectivity index (χ1v) is 7.37. The molecular weight excluding hydrogens is 272 g/mol. The second-order valence-corrected chi connectivity index (χ2v) is 5.06. The fourth-order valence-corrected chi connectivity index (χ4v) is 2.46. The number of amides is 2. The molecule has 1 fully saturated rings. The minimum atomic E-state index is -0.409. The molecule has 7 nitrogen and oxygen atoms in total. The second kappa shape index (κ2) is 7.66. The molecule has 7 heteroatoms. The summed E-state index contributed by atoms with van der Waals surface area (Å²) in [6, 6.07) is 1.82. The Morgan fingerprint density at radius 2 is 2.33 bits per heavy atom. The summed E-state index contributed by atoms with van der Waals surface area (Å²) in [5.74, 6) is 0.0980. The predicted octanol–water partition coefficient (Wildman–Crippen LogP) is 1.01. The van der Waals surface area contributed by atoms with Crippen molar-refractivity contribution < 1.29 is 14.3 Å². The third-order valence-corrected chi connectivity index (χ3v) is 3.49. The number of alkyl carbamates (subject to hydrolysis) is 1. The highest BCUT2D eigenvalue weighted by Gasteiger charge is 2.24. The van der Waals surface area contributed by atoms with Crippen molar-refractivity contribution in [2.24, 2.45) is 0 Å². The Labute approximate surface area is 124 Å². The standard InChI is InChI=1S/C14H22N4O3/c1-2-21-14(20)16-12-5-3-8-17(11-12)13(19)6-10-18-9-4-7-15-18/h4,7,9,12H,2-3,5-6,8,10-11H2,1H3,(H,16,20)/t12-/m1/s1. The normalized spacial score (nSPS) is 18.3. The number of aryl methyl sites for hydroxylation is 1. The fourth-order valence-electron chi connectivity index (χ4n) is 2.46. The minimum absolute atomic E-state index is 0.0218. The zero-order valence-corrected chi connectivity index (χ0v) is 12.3. The molecule has 2 heterocycles. The van der Waals surface area contributed by atoms with Gasteiger partial charge in [0.15, 0.2) is 0 Å². The van der Waals surface area contributed by atoms with Crippen molar-refractivity contribution in [2.75, 3.05) is 19.7 Å². The van der Waals surface area contributed by atoms with E-state index in [1.807, 2.05) is 17.2 Å². The van der Waals surface area contributed by atoms with Crippen LogP contribution in [0.2, 0.25) is 0 Å². The number of rotatable bonds is 5. The van der Waals surface area contributed by atoms with Gasteiger partial charge in [0.05, 0.1) is 6.61 Å². The first kappa shape index (κ1) is 15.3. The van der Waals surface area contributed by atoms with E-state index >= 15 is 0 Å². The zero-order valence-electron chi connectivity index (χ0n) is 12.3. The molecule has 0 saturated carbocycles.